The monoisotopic (exact) mass is 265 g/mol. The van der Waals surface area contributed by atoms with E-state index in [9.17, 15) is 9.59 Å². The molecule has 2 atom stereocenters. The van der Waals surface area contributed by atoms with Gasteiger partial charge in [-0.05, 0) is 26.2 Å². The molecule has 3 aliphatic heterocycles. The van der Waals surface area contributed by atoms with Crippen LogP contribution in [0.4, 0.5) is 0 Å². The molecule has 0 bridgehead atoms. The predicted octanol–water partition coefficient (Wildman–Crippen LogP) is 0.208. The highest BCUT2D eigenvalue weighted by Gasteiger charge is 2.41. The number of rotatable bonds is 2. The van der Waals surface area contributed by atoms with Crippen LogP contribution in [0.2, 0.25) is 0 Å². The summed E-state index contributed by atoms with van der Waals surface area (Å²) in [4.78, 5) is 28.5. The number of nitrogens with zero attached hydrogens (tertiary/aromatic N) is 2. The Bertz CT molecular complexity index is 381. The SMILES string of the molecule is CC1CCCCN1C(=O)C1CC(=O)N(C2CNC2)C1. The van der Waals surface area contributed by atoms with Gasteiger partial charge >= 0.3 is 0 Å². The lowest BCUT2D eigenvalue weighted by atomic mass is 9.99. The fraction of sp³-hybridized carbons (Fsp3) is 0.857. The number of amides is 2. The summed E-state index contributed by atoms with van der Waals surface area (Å²) in [5.74, 6) is 0.262. The molecule has 0 aromatic heterocycles. The number of carbonyl (C=O) groups is 2. The van der Waals surface area contributed by atoms with Gasteiger partial charge in [-0.3, -0.25) is 9.59 Å². The first-order valence-electron chi connectivity index (χ1n) is 7.47. The largest absolute Gasteiger partial charge is 0.340 e. The second-order valence-corrected chi connectivity index (χ2v) is 6.14. The zero-order valence-corrected chi connectivity index (χ0v) is 11.6. The van der Waals surface area contributed by atoms with Gasteiger partial charge in [0, 0.05) is 38.6 Å². The molecule has 3 rings (SSSR count). The van der Waals surface area contributed by atoms with Gasteiger partial charge < -0.3 is 15.1 Å². The summed E-state index contributed by atoms with van der Waals surface area (Å²) >= 11 is 0. The number of carbonyl (C=O) groups excluding carboxylic acids is 2. The molecule has 0 spiro atoms. The Morgan fingerprint density at radius 3 is 2.74 bits per heavy atom. The van der Waals surface area contributed by atoms with Crippen LogP contribution in [-0.4, -0.2) is 59.9 Å². The van der Waals surface area contributed by atoms with Crippen molar-refractivity contribution in [2.24, 2.45) is 5.92 Å². The van der Waals surface area contributed by atoms with E-state index in [2.05, 4.69) is 12.2 Å². The third-order valence-electron chi connectivity index (χ3n) is 4.79. The average molecular weight is 265 g/mol. The van der Waals surface area contributed by atoms with Crippen LogP contribution in [0.15, 0.2) is 0 Å². The van der Waals surface area contributed by atoms with E-state index in [1.165, 1.54) is 6.42 Å². The van der Waals surface area contributed by atoms with Crippen molar-refractivity contribution < 1.29 is 9.59 Å². The summed E-state index contributed by atoms with van der Waals surface area (Å²) < 4.78 is 0. The van der Waals surface area contributed by atoms with Crippen molar-refractivity contribution in [1.82, 2.24) is 15.1 Å². The molecule has 0 saturated carbocycles. The molecule has 0 aliphatic carbocycles. The van der Waals surface area contributed by atoms with E-state index in [4.69, 9.17) is 0 Å². The minimum Gasteiger partial charge on any atom is -0.340 e. The van der Waals surface area contributed by atoms with Gasteiger partial charge in [0.2, 0.25) is 11.8 Å². The van der Waals surface area contributed by atoms with Gasteiger partial charge in [-0.15, -0.1) is 0 Å². The smallest absolute Gasteiger partial charge is 0.228 e. The van der Waals surface area contributed by atoms with Crippen LogP contribution < -0.4 is 5.32 Å². The molecule has 3 fully saturated rings. The van der Waals surface area contributed by atoms with Crippen LogP contribution in [0.25, 0.3) is 0 Å². The summed E-state index contributed by atoms with van der Waals surface area (Å²) in [6.07, 6.45) is 3.84. The second kappa shape index (κ2) is 5.12. The average Bonchev–Trinajstić information content (AvgIpc) is 2.69. The first kappa shape index (κ1) is 12.9. The van der Waals surface area contributed by atoms with Gasteiger partial charge in [0.05, 0.1) is 12.0 Å². The van der Waals surface area contributed by atoms with Crippen molar-refractivity contribution in [2.75, 3.05) is 26.2 Å². The van der Waals surface area contributed by atoms with Gasteiger partial charge in [-0.2, -0.15) is 0 Å². The molecule has 3 aliphatic rings. The fourth-order valence-corrected chi connectivity index (χ4v) is 3.40. The minimum atomic E-state index is -0.103. The zero-order valence-electron chi connectivity index (χ0n) is 11.6. The van der Waals surface area contributed by atoms with Crippen molar-refractivity contribution in [2.45, 2.75) is 44.7 Å². The number of hydrogen-bond donors (Lipinski definition) is 1. The summed E-state index contributed by atoms with van der Waals surface area (Å²) in [7, 11) is 0. The van der Waals surface area contributed by atoms with Gasteiger partial charge in [-0.25, -0.2) is 0 Å². The van der Waals surface area contributed by atoms with Crippen molar-refractivity contribution in [3.8, 4) is 0 Å². The summed E-state index contributed by atoms with van der Waals surface area (Å²) in [5, 5.41) is 3.18. The number of likely N-dealkylation sites (tertiary alicyclic amines) is 2. The van der Waals surface area contributed by atoms with Crippen molar-refractivity contribution in [3.05, 3.63) is 0 Å². The van der Waals surface area contributed by atoms with Gasteiger partial charge in [-0.1, -0.05) is 0 Å². The van der Waals surface area contributed by atoms with Crippen LogP contribution in [0.1, 0.15) is 32.6 Å². The molecule has 0 aromatic carbocycles. The maximum absolute atomic E-state index is 12.6. The number of piperidine rings is 1. The Hall–Kier alpha value is -1.10. The van der Waals surface area contributed by atoms with Gasteiger partial charge in [0.15, 0.2) is 0 Å². The van der Waals surface area contributed by atoms with E-state index in [-0.39, 0.29) is 17.7 Å². The molecule has 1 N–H and O–H groups in total. The highest BCUT2D eigenvalue weighted by atomic mass is 16.2. The van der Waals surface area contributed by atoms with E-state index in [1.807, 2.05) is 9.80 Å². The lowest BCUT2D eigenvalue weighted by molar-refractivity contribution is -0.139. The van der Waals surface area contributed by atoms with E-state index in [1.54, 1.807) is 0 Å². The fourth-order valence-electron chi connectivity index (χ4n) is 3.40. The normalized spacial score (nSPS) is 32.6. The molecule has 0 aromatic rings. The Morgan fingerprint density at radius 1 is 1.32 bits per heavy atom. The zero-order chi connectivity index (χ0) is 13.4. The molecule has 106 valence electrons. The Balaban J connectivity index is 1.62. The van der Waals surface area contributed by atoms with Gasteiger partial charge in [0.25, 0.3) is 0 Å². The molecule has 0 radical (unpaired) electrons. The molecule has 3 heterocycles. The van der Waals surface area contributed by atoms with E-state index in [0.29, 0.717) is 25.0 Å². The molecular weight excluding hydrogens is 242 g/mol. The Labute approximate surface area is 114 Å². The van der Waals surface area contributed by atoms with Crippen LogP contribution in [0.5, 0.6) is 0 Å². The predicted molar refractivity (Wildman–Crippen MR) is 71.5 cm³/mol. The molecule has 2 amide bonds. The van der Waals surface area contributed by atoms with E-state index in [0.717, 1.165) is 32.5 Å². The van der Waals surface area contributed by atoms with Crippen LogP contribution >= 0.6 is 0 Å². The molecule has 5 heteroatoms. The third kappa shape index (κ3) is 2.36. The van der Waals surface area contributed by atoms with Crippen LogP contribution in [0.3, 0.4) is 0 Å². The lowest BCUT2D eigenvalue weighted by Crippen LogP contribution is -2.57. The summed E-state index contributed by atoms with van der Waals surface area (Å²) in [6, 6.07) is 0.667. The molecule has 2 unspecified atom stereocenters. The Kier molecular flexibility index (Phi) is 3.48. The maximum Gasteiger partial charge on any atom is 0.228 e. The summed E-state index contributed by atoms with van der Waals surface area (Å²) in [5.41, 5.74) is 0. The van der Waals surface area contributed by atoms with Gasteiger partial charge in [0.1, 0.15) is 0 Å². The number of hydrogen-bond acceptors (Lipinski definition) is 3. The van der Waals surface area contributed by atoms with Crippen LogP contribution in [-0.2, 0) is 9.59 Å². The van der Waals surface area contributed by atoms with Crippen molar-refractivity contribution in [1.29, 1.82) is 0 Å². The quantitative estimate of drug-likeness (QED) is 0.776. The van der Waals surface area contributed by atoms with Crippen LogP contribution in [0, 0.1) is 5.92 Å². The molecule has 19 heavy (non-hydrogen) atoms. The Morgan fingerprint density at radius 2 is 2.11 bits per heavy atom. The van der Waals surface area contributed by atoms with Crippen molar-refractivity contribution >= 4 is 11.8 Å². The first-order valence-corrected chi connectivity index (χ1v) is 7.47. The van der Waals surface area contributed by atoms with Crippen molar-refractivity contribution in [3.63, 3.8) is 0 Å². The minimum absolute atomic E-state index is 0.103. The maximum atomic E-state index is 12.6. The van der Waals surface area contributed by atoms with E-state index >= 15 is 0 Å². The standard InChI is InChI=1S/C14H23N3O2/c1-10-4-2-3-5-16(10)14(19)11-6-13(18)17(9-11)12-7-15-8-12/h10-12,15H,2-9H2,1H3. The molecule has 5 nitrogen and oxygen atoms in total. The highest BCUT2D eigenvalue weighted by molar-refractivity contribution is 5.89. The second-order valence-electron chi connectivity index (χ2n) is 6.14. The lowest BCUT2D eigenvalue weighted by Gasteiger charge is -2.37. The topological polar surface area (TPSA) is 52.7 Å². The molecule has 3 saturated heterocycles. The van der Waals surface area contributed by atoms with E-state index < -0.39 is 0 Å². The summed E-state index contributed by atoms with van der Waals surface area (Å²) in [6.45, 7) is 5.39. The first-order chi connectivity index (χ1) is 9.16. The number of nitrogens with one attached hydrogen (secondary N) is 1. The highest BCUT2D eigenvalue weighted by Crippen LogP contribution is 2.26. The third-order valence-corrected chi connectivity index (χ3v) is 4.79. The molecular formula is C14H23N3O2.